The number of rotatable bonds is 2. The Bertz CT molecular complexity index is 503. The highest BCUT2D eigenvalue weighted by atomic mass is 16.5. The number of likely N-dealkylation sites (N-methyl/N-ethyl adjacent to an activating group) is 1. The molecule has 1 aromatic rings. The average molecular weight is 285 g/mol. The van der Waals surface area contributed by atoms with Crippen LogP contribution in [0, 0.1) is 11.3 Å². The maximum Gasteiger partial charge on any atom is 0.157 e. The number of hydrogen-bond acceptors (Lipinski definition) is 4. The largest absolute Gasteiger partial charge is 0.354 e. The highest BCUT2D eigenvalue weighted by Crippen LogP contribution is 2.32. The number of benzene rings is 1. The molecule has 2 saturated heterocycles. The Morgan fingerprint density at radius 2 is 2.00 bits per heavy atom. The van der Waals surface area contributed by atoms with E-state index in [2.05, 4.69) is 53.2 Å². The first-order chi connectivity index (χ1) is 10.2. The van der Waals surface area contributed by atoms with Crippen molar-refractivity contribution in [3.05, 3.63) is 35.9 Å². The molecule has 0 aromatic heterocycles. The molecule has 1 atom stereocenters. The molecule has 2 aliphatic heterocycles. The van der Waals surface area contributed by atoms with E-state index >= 15 is 0 Å². The van der Waals surface area contributed by atoms with E-state index in [0.29, 0.717) is 0 Å². The molecule has 0 N–H and O–H groups in total. The van der Waals surface area contributed by atoms with Crippen molar-refractivity contribution >= 4 is 0 Å². The van der Waals surface area contributed by atoms with Gasteiger partial charge >= 0.3 is 0 Å². The zero-order valence-electron chi connectivity index (χ0n) is 12.7. The molecule has 2 heterocycles. The van der Waals surface area contributed by atoms with Crippen LogP contribution >= 0.6 is 0 Å². The predicted octanol–water partition coefficient (Wildman–Crippen LogP) is 1.88. The molecule has 0 aliphatic carbocycles. The van der Waals surface area contributed by atoms with Crippen molar-refractivity contribution in [1.82, 2.24) is 9.80 Å². The molecular formula is C17H23N3O. The van der Waals surface area contributed by atoms with E-state index in [0.717, 1.165) is 45.6 Å². The quantitative estimate of drug-likeness (QED) is 0.832. The summed E-state index contributed by atoms with van der Waals surface area (Å²) in [5.74, 6) is 0. The van der Waals surface area contributed by atoms with Gasteiger partial charge in [0, 0.05) is 32.7 Å². The summed E-state index contributed by atoms with van der Waals surface area (Å²) in [6.45, 7) is 4.77. The minimum atomic E-state index is -0.274. The van der Waals surface area contributed by atoms with Crippen molar-refractivity contribution in [3.63, 3.8) is 0 Å². The van der Waals surface area contributed by atoms with Gasteiger partial charge in [0.15, 0.2) is 6.10 Å². The zero-order chi connectivity index (χ0) is 14.7. The maximum absolute atomic E-state index is 9.16. The molecule has 0 radical (unpaired) electrons. The summed E-state index contributed by atoms with van der Waals surface area (Å²) >= 11 is 0. The number of likely N-dealkylation sites (tertiary alicyclic amines) is 1. The number of morpholine rings is 1. The lowest BCUT2D eigenvalue weighted by Crippen LogP contribution is -2.58. The molecule has 1 aromatic carbocycles. The van der Waals surface area contributed by atoms with Gasteiger partial charge in [0.2, 0.25) is 0 Å². The Morgan fingerprint density at radius 1 is 1.29 bits per heavy atom. The molecule has 1 spiro atoms. The van der Waals surface area contributed by atoms with E-state index in [-0.39, 0.29) is 11.7 Å². The van der Waals surface area contributed by atoms with Gasteiger partial charge in [0.1, 0.15) is 0 Å². The molecule has 21 heavy (non-hydrogen) atoms. The van der Waals surface area contributed by atoms with Gasteiger partial charge in [-0.15, -0.1) is 0 Å². The molecule has 2 fully saturated rings. The first kappa shape index (κ1) is 14.5. The van der Waals surface area contributed by atoms with Gasteiger partial charge in [-0.25, -0.2) is 0 Å². The first-order valence-electron chi connectivity index (χ1n) is 7.71. The van der Waals surface area contributed by atoms with Gasteiger partial charge in [0.25, 0.3) is 0 Å². The fraction of sp³-hybridized carbons (Fsp3) is 0.588. The summed E-state index contributed by atoms with van der Waals surface area (Å²) in [7, 11) is 2.09. The Balaban J connectivity index is 1.58. The van der Waals surface area contributed by atoms with E-state index in [1.54, 1.807) is 0 Å². The third kappa shape index (κ3) is 3.44. The number of ether oxygens (including phenoxy) is 1. The van der Waals surface area contributed by atoms with Crippen LogP contribution in [0.25, 0.3) is 0 Å². The molecule has 4 heteroatoms. The first-order valence-corrected chi connectivity index (χ1v) is 7.71. The molecule has 4 nitrogen and oxygen atoms in total. The summed E-state index contributed by atoms with van der Waals surface area (Å²) in [5.41, 5.74) is 1.26. The minimum Gasteiger partial charge on any atom is -0.354 e. The van der Waals surface area contributed by atoms with Crippen LogP contribution in [-0.4, -0.2) is 54.7 Å². The summed E-state index contributed by atoms with van der Waals surface area (Å²) in [6.07, 6.45) is 1.76. The third-order valence-electron chi connectivity index (χ3n) is 4.59. The number of nitrogens with zero attached hydrogens (tertiary/aromatic N) is 3. The summed E-state index contributed by atoms with van der Waals surface area (Å²) < 4.78 is 6.10. The normalized spacial score (nSPS) is 26.6. The van der Waals surface area contributed by atoms with Crippen molar-refractivity contribution in [1.29, 1.82) is 5.26 Å². The van der Waals surface area contributed by atoms with E-state index in [9.17, 15) is 0 Å². The van der Waals surface area contributed by atoms with Gasteiger partial charge in [-0.05, 0) is 25.5 Å². The maximum atomic E-state index is 9.16. The molecule has 2 aliphatic rings. The van der Waals surface area contributed by atoms with Crippen LogP contribution in [0.1, 0.15) is 18.4 Å². The molecule has 0 saturated carbocycles. The minimum absolute atomic E-state index is 0.111. The zero-order valence-corrected chi connectivity index (χ0v) is 12.7. The van der Waals surface area contributed by atoms with E-state index < -0.39 is 0 Å². The fourth-order valence-corrected chi connectivity index (χ4v) is 3.52. The number of piperidine rings is 1. The summed E-state index contributed by atoms with van der Waals surface area (Å²) in [6, 6.07) is 12.9. The van der Waals surface area contributed by atoms with Gasteiger partial charge in [-0.3, -0.25) is 9.80 Å². The van der Waals surface area contributed by atoms with Crippen molar-refractivity contribution in [2.45, 2.75) is 31.1 Å². The van der Waals surface area contributed by atoms with Crippen LogP contribution in [0.2, 0.25) is 0 Å². The topological polar surface area (TPSA) is 39.5 Å². The summed E-state index contributed by atoms with van der Waals surface area (Å²) in [5, 5.41) is 9.16. The highest BCUT2D eigenvalue weighted by Gasteiger charge is 2.42. The lowest BCUT2D eigenvalue weighted by molar-refractivity contribution is -0.154. The van der Waals surface area contributed by atoms with E-state index in [1.807, 2.05) is 0 Å². The van der Waals surface area contributed by atoms with Crippen molar-refractivity contribution in [3.8, 4) is 6.07 Å². The molecule has 0 bridgehead atoms. The molecule has 0 amide bonds. The number of hydrogen-bond donors (Lipinski definition) is 0. The lowest BCUT2D eigenvalue weighted by atomic mass is 9.88. The van der Waals surface area contributed by atoms with Gasteiger partial charge in [0.05, 0.1) is 11.7 Å². The molecule has 112 valence electrons. The molecule has 3 rings (SSSR count). The van der Waals surface area contributed by atoms with E-state index in [4.69, 9.17) is 10.00 Å². The number of nitriles is 1. The monoisotopic (exact) mass is 285 g/mol. The SMILES string of the molecule is CN1CC(C#N)OC2(CCN(Cc3ccccc3)CC2)C1. The van der Waals surface area contributed by atoms with Crippen LogP contribution in [0.5, 0.6) is 0 Å². The van der Waals surface area contributed by atoms with E-state index in [1.165, 1.54) is 5.56 Å². The van der Waals surface area contributed by atoms with Gasteiger partial charge in [-0.1, -0.05) is 30.3 Å². The predicted molar refractivity (Wildman–Crippen MR) is 81.7 cm³/mol. The highest BCUT2D eigenvalue weighted by molar-refractivity contribution is 5.14. The summed E-state index contributed by atoms with van der Waals surface area (Å²) in [4.78, 5) is 4.73. The van der Waals surface area contributed by atoms with Crippen molar-refractivity contribution < 1.29 is 4.74 Å². The van der Waals surface area contributed by atoms with Crippen LogP contribution in [-0.2, 0) is 11.3 Å². The second kappa shape index (κ2) is 6.15. The fourth-order valence-electron chi connectivity index (χ4n) is 3.52. The van der Waals surface area contributed by atoms with Crippen molar-refractivity contribution in [2.75, 3.05) is 33.2 Å². The molecule has 1 unspecified atom stereocenters. The van der Waals surface area contributed by atoms with Crippen LogP contribution in [0.4, 0.5) is 0 Å². The van der Waals surface area contributed by atoms with Crippen LogP contribution in [0.15, 0.2) is 30.3 Å². The lowest BCUT2D eigenvalue weighted by Gasteiger charge is -2.47. The Hall–Kier alpha value is -1.41. The van der Waals surface area contributed by atoms with Gasteiger partial charge < -0.3 is 4.74 Å². The van der Waals surface area contributed by atoms with Crippen LogP contribution in [0.3, 0.4) is 0 Å². The van der Waals surface area contributed by atoms with Crippen LogP contribution < -0.4 is 0 Å². The Kier molecular flexibility index (Phi) is 4.25. The Morgan fingerprint density at radius 3 is 2.67 bits per heavy atom. The Labute approximate surface area is 126 Å². The van der Waals surface area contributed by atoms with Crippen molar-refractivity contribution in [2.24, 2.45) is 0 Å². The standard InChI is InChI=1S/C17H23N3O/c1-19-13-16(11-18)21-17(14-19)7-9-20(10-8-17)12-15-5-3-2-4-6-15/h2-6,16H,7-10,12-14H2,1H3. The second-order valence-electron chi connectivity index (χ2n) is 6.38. The second-order valence-corrected chi connectivity index (χ2v) is 6.38. The van der Waals surface area contributed by atoms with Gasteiger partial charge in [-0.2, -0.15) is 5.26 Å². The smallest absolute Gasteiger partial charge is 0.157 e. The average Bonchev–Trinajstić information content (AvgIpc) is 2.50. The molecular weight excluding hydrogens is 262 g/mol. The third-order valence-corrected chi connectivity index (χ3v) is 4.59.